The van der Waals surface area contributed by atoms with E-state index in [0.29, 0.717) is 0 Å². The smallest absolute Gasteiger partial charge is 0.120 e. The van der Waals surface area contributed by atoms with Gasteiger partial charge in [0.05, 0.1) is 6.04 Å². The van der Waals surface area contributed by atoms with Crippen LogP contribution in [0.25, 0.3) is 0 Å². The molecule has 0 aliphatic heterocycles. The third-order valence-corrected chi connectivity index (χ3v) is 2.25. The van der Waals surface area contributed by atoms with Crippen molar-refractivity contribution in [1.29, 1.82) is 0 Å². The molecule has 0 fully saturated rings. The fourth-order valence-electron chi connectivity index (χ4n) is 1.41. The maximum absolute atomic E-state index is 5.96. The third-order valence-electron chi connectivity index (χ3n) is 2.25. The predicted octanol–water partition coefficient (Wildman–Crippen LogP) is 3.17. The zero-order valence-corrected chi connectivity index (χ0v) is 8.55. The van der Waals surface area contributed by atoms with Gasteiger partial charge < -0.3 is 10.2 Å². The fourth-order valence-corrected chi connectivity index (χ4v) is 1.41. The second-order valence-corrected chi connectivity index (χ2v) is 3.55. The van der Waals surface area contributed by atoms with Crippen molar-refractivity contribution in [3.8, 4) is 0 Å². The molecule has 2 heteroatoms. The van der Waals surface area contributed by atoms with E-state index in [1.54, 1.807) is 0 Å². The Labute approximate surface area is 80.1 Å². The summed E-state index contributed by atoms with van der Waals surface area (Å²) in [6.45, 7) is 4.14. The molecule has 0 aliphatic carbocycles. The van der Waals surface area contributed by atoms with Gasteiger partial charge in [-0.1, -0.05) is 26.2 Å². The lowest BCUT2D eigenvalue weighted by molar-refractivity contribution is 0.426. The Morgan fingerprint density at radius 2 is 2.15 bits per heavy atom. The lowest BCUT2D eigenvalue weighted by atomic mass is 10.1. The average molecular weight is 181 g/mol. The van der Waals surface area contributed by atoms with Gasteiger partial charge in [0.2, 0.25) is 0 Å². The van der Waals surface area contributed by atoms with E-state index in [1.807, 2.05) is 19.1 Å². The van der Waals surface area contributed by atoms with Crippen molar-refractivity contribution in [2.24, 2.45) is 5.73 Å². The van der Waals surface area contributed by atoms with Crippen LogP contribution in [0.15, 0.2) is 16.5 Å². The molecule has 1 rings (SSSR count). The van der Waals surface area contributed by atoms with Crippen molar-refractivity contribution < 1.29 is 4.42 Å². The Balaban J connectivity index is 2.35. The summed E-state index contributed by atoms with van der Waals surface area (Å²) in [5.74, 6) is 1.87. The Bertz CT molecular complexity index is 242. The highest BCUT2D eigenvalue weighted by atomic mass is 16.3. The van der Waals surface area contributed by atoms with Gasteiger partial charge in [0.15, 0.2) is 0 Å². The lowest BCUT2D eigenvalue weighted by Crippen LogP contribution is -2.08. The minimum Gasteiger partial charge on any atom is -0.465 e. The molecule has 0 saturated carbocycles. The molecular weight excluding hydrogens is 162 g/mol. The third kappa shape index (κ3) is 3.23. The van der Waals surface area contributed by atoms with Crippen LogP contribution in [0.1, 0.15) is 50.2 Å². The summed E-state index contributed by atoms with van der Waals surface area (Å²) in [5, 5.41) is 0. The van der Waals surface area contributed by atoms with Crippen LogP contribution in [0.2, 0.25) is 0 Å². The number of hydrogen-bond acceptors (Lipinski definition) is 2. The summed E-state index contributed by atoms with van der Waals surface area (Å²) in [6.07, 6.45) is 4.72. The van der Waals surface area contributed by atoms with Crippen molar-refractivity contribution in [1.82, 2.24) is 0 Å². The molecule has 2 nitrogen and oxygen atoms in total. The van der Waals surface area contributed by atoms with Crippen LogP contribution in [-0.4, -0.2) is 0 Å². The van der Waals surface area contributed by atoms with Crippen LogP contribution in [0, 0.1) is 6.92 Å². The quantitative estimate of drug-likeness (QED) is 0.709. The van der Waals surface area contributed by atoms with Crippen molar-refractivity contribution in [3.63, 3.8) is 0 Å². The van der Waals surface area contributed by atoms with E-state index in [0.717, 1.165) is 17.9 Å². The molecule has 2 N–H and O–H groups in total. The molecule has 0 amide bonds. The molecular formula is C11H19NO. The van der Waals surface area contributed by atoms with Crippen LogP contribution in [0.3, 0.4) is 0 Å². The molecule has 0 aliphatic rings. The maximum Gasteiger partial charge on any atom is 0.120 e. The topological polar surface area (TPSA) is 39.2 Å². The largest absolute Gasteiger partial charge is 0.465 e. The molecule has 1 unspecified atom stereocenters. The van der Waals surface area contributed by atoms with E-state index >= 15 is 0 Å². The van der Waals surface area contributed by atoms with Gasteiger partial charge in [0.1, 0.15) is 11.5 Å². The molecule has 0 saturated heterocycles. The van der Waals surface area contributed by atoms with Crippen LogP contribution in [-0.2, 0) is 0 Å². The highest BCUT2D eigenvalue weighted by Crippen LogP contribution is 2.19. The van der Waals surface area contributed by atoms with Gasteiger partial charge >= 0.3 is 0 Å². The SMILES string of the molecule is CCCCCC(N)c1ccc(C)o1. The zero-order chi connectivity index (χ0) is 9.68. The van der Waals surface area contributed by atoms with Crippen molar-refractivity contribution in [3.05, 3.63) is 23.7 Å². The highest BCUT2D eigenvalue weighted by Gasteiger charge is 2.08. The fraction of sp³-hybridized carbons (Fsp3) is 0.636. The number of hydrogen-bond donors (Lipinski definition) is 1. The van der Waals surface area contributed by atoms with E-state index < -0.39 is 0 Å². The van der Waals surface area contributed by atoms with Crippen LogP contribution >= 0.6 is 0 Å². The predicted molar refractivity (Wildman–Crippen MR) is 54.5 cm³/mol. The summed E-state index contributed by atoms with van der Waals surface area (Å²) in [5.41, 5.74) is 5.96. The van der Waals surface area contributed by atoms with Gasteiger partial charge in [-0.05, 0) is 25.5 Å². The number of nitrogens with two attached hydrogens (primary N) is 1. The van der Waals surface area contributed by atoms with E-state index in [2.05, 4.69) is 6.92 Å². The number of aryl methyl sites for hydroxylation is 1. The van der Waals surface area contributed by atoms with Crippen LogP contribution in [0.4, 0.5) is 0 Å². The summed E-state index contributed by atoms with van der Waals surface area (Å²) in [7, 11) is 0. The molecule has 74 valence electrons. The first-order chi connectivity index (χ1) is 6.24. The molecule has 1 aromatic rings. The van der Waals surface area contributed by atoms with E-state index in [-0.39, 0.29) is 6.04 Å². The Hall–Kier alpha value is -0.760. The molecule has 0 spiro atoms. The van der Waals surface area contributed by atoms with Gasteiger partial charge in [-0.2, -0.15) is 0 Å². The normalized spacial score (nSPS) is 13.2. The average Bonchev–Trinajstić information content (AvgIpc) is 2.52. The van der Waals surface area contributed by atoms with Gasteiger partial charge in [-0.3, -0.25) is 0 Å². The summed E-state index contributed by atoms with van der Waals surface area (Å²) >= 11 is 0. The lowest BCUT2D eigenvalue weighted by Gasteiger charge is -2.07. The van der Waals surface area contributed by atoms with E-state index in [4.69, 9.17) is 10.2 Å². The second-order valence-electron chi connectivity index (χ2n) is 3.55. The molecule has 1 heterocycles. The minimum atomic E-state index is 0.0836. The monoisotopic (exact) mass is 181 g/mol. The molecule has 1 atom stereocenters. The Morgan fingerprint density at radius 3 is 2.69 bits per heavy atom. The second kappa shape index (κ2) is 5.07. The maximum atomic E-state index is 5.96. The Morgan fingerprint density at radius 1 is 1.38 bits per heavy atom. The zero-order valence-electron chi connectivity index (χ0n) is 8.55. The van der Waals surface area contributed by atoms with Crippen molar-refractivity contribution in [2.45, 2.75) is 45.6 Å². The first-order valence-electron chi connectivity index (χ1n) is 5.06. The van der Waals surface area contributed by atoms with Crippen molar-refractivity contribution >= 4 is 0 Å². The van der Waals surface area contributed by atoms with E-state index in [1.165, 1.54) is 19.3 Å². The number of furan rings is 1. The summed E-state index contributed by atoms with van der Waals surface area (Å²) in [4.78, 5) is 0. The number of unbranched alkanes of at least 4 members (excludes halogenated alkanes) is 2. The van der Waals surface area contributed by atoms with Gasteiger partial charge in [0.25, 0.3) is 0 Å². The molecule has 0 radical (unpaired) electrons. The summed E-state index contributed by atoms with van der Waals surface area (Å²) < 4.78 is 5.45. The molecule has 0 aromatic carbocycles. The van der Waals surface area contributed by atoms with E-state index in [9.17, 15) is 0 Å². The summed E-state index contributed by atoms with van der Waals surface area (Å²) in [6, 6.07) is 4.03. The molecule has 0 bridgehead atoms. The van der Waals surface area contributed by atoms with Gasteiger partial charge in [0, 0.05) is 0 Å². The van der Waals surface area contributed by atoms with Gasteiger partial charge in [-0.15, -0.1) is 0 Å². The van der Waals surface area contributed by atoms with Crippen LogP contribution in [0.5, 0.6) is 0 Å². The molecule has 13 heavy (non-hydrogen) atoms. The highest BCUT2D eigenvalue weighted by molar-refractivity contribution is 5.08. The minimum absolute atomic E-state index is 0.0836. The van der Waals surface area contributed by atoms with Gasteiger partial charge in [-0.25, -0.2) is 0 Å². The standard InChI is InChI=1S/C11H19NO/c1-3-4-5-6-10(12)11-8-7-9(2)13-11/h7-8,10H,3-6,12H2,1-2H3. The molecule has 1 aromatic heterocycles. The van der Waals surface area contributed by atoms with Crippen molar-refractivity contribution in [2.75, 3.05) is 0 Å². The first kappa shape index (κ1) is 10.3. The Kier molecular flexibility index (Phi) is 4.03. The first-order valence-corrected chi connectivity index (χ1v) is 5.06. The number of rotatable bonds is 5. The van der Waals surface area contributed by atoms with Crippen LogP contribution < -0.4 is 5.73 Å².